The predicted octanol–water partition coefficient (Wildman–Crippen LogP) is 4.26. The summed E-state index contributed by atoms with van der Waals surface area (Å²) in [5.41, 5.74) is -0.115. The summed E-state index contributed by atoms with van der Waals surface area (Å²) in [6.07, 6.45) is 9.72. The van der Waals surface area contributed by atoms with Gasteiger partial charge in [0.2, 0.25) is 5.91 Å². The lowest BCUT2D eigenvalue weighted by atomic mass is 9.78. The zero-order valence-electron chi connectivity index (χ0n) is 11.9. The minimum atomic E-state index is -0.115. The Morgan fingerprint density at radius 2 is 1.94 bits per heavy atom. The van der Waals surface area contributed by atoms with E-state index in [4.69, 9.17) is 11.6 Å². The van der Waals surface area contributed by atoms with Gasteiger partial charge in [0.25, 0.3) is 0 Å². The fourth-order valence-corrected chi connectivity index (χ4v) is 3.01. The summed E-state index contributed by atoms with van der Waals surface area (Å²) in [6, 6.07) is 0. The largest absolute Gasteiger partial charge is 0.349 e. The number of halogens is 1. The molecule has 1 aliphatic carbocycles. The summed E-state index contributed by atoms with van der Waals surface area (Å²) in [6.45, 7) is 4.47. The van der Waals surface area contributed by atoms with Gasteiger partial charge in [0.15, 0.2) is 0 Å². The molecule has 0 radical (unpaired) electrons. The second-order valence-corrected chi connectivity index (χ2v) is 6.22. The normalized spacial score (nSPS) is 28.1. The Kier molecular flexibility index (Phi) is 7.06. The Morgan fingerprint density at radius 1 is 1.28 bits per heavy atom. The summed E-state index contributed by atoms with van der Waals surface area (Å²) in [5.74, 6) is 1.53. The average molecular weight is 274 g/mol. The van der Waals surface area contributed by atoms with Crippen molar-refractivity contribution in [2.75, 3.05) is 5.88 Å². The highest BCUT2D eigenvalue weighted by molar-refractivity contribution is 6.18. The molecule has 1 fully saturated rings. The number of hydrogen-bond acceptors (Lipinski definition) is 1. The van der Waals surface area contributed by atoms with Gasteiger partial charge in [-0.1, -0.05) is 33.1 Å². The summed E-state index contributed by atoms with van der Waals surface area (Å²) in [7, 11) is 0. The average Bonchev–Trinajstić information content (AvgIpc) is 2.38. The molecule has 0 atom stereocenters. The van der Waals surface area contributed by atoms with Crippen LogP contribution in [0.4, 0.5) is 0 Å². The molecule has 0 saturated heterocycles. The van der Waals surface area contributed by atoms with Crippen LogP contribution in [0, 0.1) is 5.92 Å². The molecule has 1 rings (SSSR count). The SMILES string of the molecule is CCCCCCC(=O)NC1(CCl)CCC(C)CC1. The van der Waals surface area contributed by atoms with E-state index in [1.165, 1.54) is 25.7 Å². The topological polar surface area (TPSA) is 29.1 Å². The van der Waals surface area contributed by atoms with Gasteiger partial charge in [-0.15, -0.1) is 11.6 Å². The first-order valence-corrected chi connectivity index (χ1v) is 8.02. The Balaban J connectivity index is 2.31. The first kappa shape index (κ1) is 15.8. The lowest BCUT2D eigenvalue weighted by molar-refractivity contribution is -0.123. The molecule has 3 heteroatoms. The van der Waals surface area contributed by atoms with Crippen molar-refractivity contribution in [3.05, 3.63) is 0 Å². The van der Waals surface area contributed by atoms with E-state index in [0.29, 0.717) is 12.3 Å². The highest BCUT2D eigenvalue weighted by Crippen LogP contribution is 2.32. The molecule has 0 aliphatic heterocycles. The highest BCUT2D eigenvalue weighted by Gasteiger charge is 2.34. The maximum atomic E-state index is 12.0. The molecule has 18 heavy (non-hydrogen) atoms. The summed E-state index contributed by atoms with van der Waals surface area (Å²) in [4.78, 5) is 12.0. The number of amides is 1. The third kappa shape index (κ3) is 5.17. The van der Waals surface area contributed by atoms with Crippen LogP contribution in [-0.2, 0) is 4.79 Å². The maximum absolute atomic E-state index is 12.0. The third-order valence-corrected chi connectivity index (χ3v) is 4.66. The van der Waals surface area contributed by atoms with Gasteiger partial charge in [0, 0.05) is 12.3 Å². The van der Waals surface area contributed by atoms with Crippen LogP contribution in [-0.4, -0.2) is 17.3 Å². The van der Waals surface area contributed by atoms with Crippen molar-refractivity contribution in [3.63, 3.8) is 0 Å². The van der Waals surface area contributed by atoms with Gasteiger partial charge in [0.05, 0.1) is 5.54 Å². The highest BCUT2D eigenvalue weighted by atomic mass is 35.5. The van der Waals surface area contributed by atoms with Crippen LogP contribution >= 0.6 is 11.6 Å². The second-order valence-electron chi connectivity index (χ2n) is 5.96. The molecule has 106 valence electrons. The van der Waals surface area contributed by atoms with Crippen molar-refractivity contribution >= 4 is 17.5 Å². The Labute approximate surface area is 117 Å². The van der Waals surface area contributed by atoms with Crippen molar-refractivity contribution in [3.8, 4) is 0 Å². The van der Waals surface area contributed by atoms with E-state index in [9.17, 15) is 4.79 Å². The van der Waals surface area contributed by atoms with Gasteiger partial charge in [-0.25, -0.2) is 0 Å². The van der Waals surface area contributed by atoms with Crippen LogP contribution in [0.2, 0.25) is 0 Å². The van der Waals surface area contributed by atoms with Gasteiger partial charge in [-0.3, -0.25) is 4.79 Å². The Hall–Kier alpha value is -0.240. The molecule has 0 aromatic heterocycles. The van der Waals surface area contributed by atoms with E-state index >= 15 is 0 Å². The molecular formula is C15H28ClNO. The summed E-state index contributed by atoms with van der Waals surface area (Å²) in [5, 5.41) is 3.21. The van der Waals surface area contributed by atoms with E-state index in [1.54, 1.807) is 0 Å². The van der Waals surface area contributed by atoms with Gasteiger partial charge in [-0.05, 0) is 38.0 Å². The maximum Gasteiger partial charge on any atom is 0.220 e. The van der Waals surface area contributed by atoms with Gasteiger partial charge < -0.3 is 5.32 Å². The van der Waals surface area contributed by atoms with E-state index in [1.807, 2.05) is 0 Å². The van der Waals surface area contributed by atoms with Gasteiger partial charge in [0.1, 0.15) is 0 Å². The van der Waals surface area contributed by atoms with Crippen molar-refractivity contribution in [1.29, 1.82) is 0 Å². The van der Waals surface area contributed by atoms with Crippen molar-refractivity contribution < 1.29 is 4.79 Å². The monoisotopic (exact) mass is 273 g/mol. The standard InChI is InChI=1S/C15H28ClNO/c1-3-4-5-6-7-14(18)17-15(12-16)10-8-13(2)9-11-15/h13H,3-12H2,1-2H3,(H,17,18). The van der Waals surface area contributed by atoms with Gasteiger partial charge in [-0.2, -0.15) is 0 Å². The first-order chi connectivity index (χ1) is 8.62. The lowest BCUT2D eigenvalue weighted by Crippen LogP contribution is -2.52. The molecule has 0 heterocycles. The number of carbonyl (C=O) groups excluding carboxylic acids is 1. The molecule has 0 aromatic rings. The Morgan fingerprint density at radius 3 is 2.50 bits per heavy atom. The minimum absolute atomic E-state index is 0.115. The molecule has 1 N–H and O–H groups in total. The molecule has 1 amide bonds. The fraction of sp³-hybridized carbons (Fsp3) is 0.933. The van der Waals surface area contributed by atoms with E-state index < -0.39 is 0 Å². The second kappa shape index (κ2) is 8.04. The van der Waals surface area contributed by atoms with Gasteiger partial charge >= 0.3 is 0 Å². The summed E-state index contributed by atoms with van der Waals surface area (Å²) >= 11 is 6.10. The number of carbonyl (C=O) groups is 1. The number of nitrogens with one attached hydrogen (secondary N) is 1. The van der Waals surface area contributed by atoms with Crippen LogP contribution in [0.1, 0.15) is 71.6 Å². The quantitative estimate of drug-likeness (QED) is 0.545. The molecule has 1 saturated carbocycles. The van der Waals surface area contributed by atoms with Crippen molar-refractivity contribution in [2.24, 2.45) is 5.92 Å². The lowest BCUT2D eigenvalue weighted by Gasteiger charge is -2.38. The molecule has 0 unspecified atom stereocenters. The number of alkyl halides is 1. The van der Waals surface area contributed by atoms with Crippen LogP contribution in [0.25, 0.3) is 0 Å². The number of rotatable bonds is 7. The molecule has 0 spiro atoms. The van der Waals surface area contributed by atoms with Crippen molar-refractivity contribution in [2.45, 2.75) is 77.2 Å². The zero-order valence-corrected chi connectivity index (χ0v) is 12.7. The smallest absolute Gasteiger partial charge is 0.220 e. The Bertz CT molecular complexity index is 247. The van der Waals surface area contributed by atoms with E-state index in [2.05, 4.69) is 19.2 Å². The molecule has 1 aliphatic rings. The first-order valence-electron chi connectivity index (χ1n) is 7.49. The molecule has 2 nitrogen and oxygen atoms in total. The van der Waals surface area contributed by atoms with Crippen molar-refractivity contribution in [1.82, 2.24) is 5.32 Å². The molecular weight excluding hydrogens is 246 g/mol. The van der Waals surface area contributed by atoms with Crippen LogP contribution < -0.4 is 5.32 Å². The van der Waals surface area contributed by atoms with Crippen LogP contribution in [0.15, 0.2) is 0 Å². The number of hydrogen-bond donors (Lipinski definition) is 1. The fourth-order valence-electron chi connectivity index (χ4n) is 2.68. The third-order valence-electron chi connectivity index (χ3n) is 4.15. The zero-order chi connectivity index (χ0) is 13.4. The van der Waals surface area contributed by atoms with Crippen LogP contribution in [0.5, 0.6) is 0 Å². The predicted molar refractivity (Wildman–Crippen MR) is 78.0 cm³/mol. The molecule has 0 aromatic carbocycles. The van der Waals surface area contributed by atoms with E-state index in [-0.39, 0.29) is 11.4 Å². The minimum Gasteiger partial charge on any atom is -0.349 e. The molecule has 0 bridgehead atoms. The number of unbranched alkanes of at least 4 members (excludes halogenated alkanes) is 3. The summed E-state index contributed by atoms with van der Waals surface area (Å²) < 4.78 is 0. The van der Waals surface area contributed by atoms with E-state index in [0.717, 1.165) is 31.6 Å². The van der Waals surface area contributed by atoms with Crippen LogP contribution in [0.3, 0.4) is 0 Å².